The Morgan fingerprint density at radius 1 is 1.50 bits per heavy atom. The highest BCUT2D eigenvalue weighted by Gasteiger charge is 2.09. The molecule has 1 aromatic carbocycles. The highest BCUT2D eigenvalue weighted by Crippen LogP contribution is 2.23. The van der Waals surface area contributed by atoms with Gasteiger partial charge in [0.15, 0.2) is 0 Å². The molecule has 0 spiro atoms. The minimum atomic E-state index is -0.613. The third-order valence-corrected chi connectivity index (χ3v) is 2.66. The molecule has 1 aromatic rings. The summed E-state index contributed by atoms with van der Waals surface area (Å²) in [5, 5.41) is 13.7. The monoisotopic (exact) mass is 314 g/mol. The Labute approximate surface area is 114 Å². The second-order valence-electron chi connectivity index (χ2n) is 3.41. The topological polar surface area (TPSA) is 70.9 Å². The molecule has 0 aromatic heterocycles. The molecular formula is C12H15BrN2O3. The van der Waals surface area contributed by atoms with Crippen LogP contribution in [0.2, 0.25) is 0 Å². The lowest BCUT2D eigenvalue weighted by Gasteiger charge is -2.07. The van der Waals surface area contributed by atoms with Gasteiger partial charge in [-0.25, -0.2) is 10.2 Å². The molecular weight excluding hydrogens is 300 g/mol. The van der Waals surface area contributed by atoms with Gasteiger partial charge in [0, 0.05) is 10.0 Å². The van der Waals surface area contributed by atoms with Gasteiger partial charge in [-0.15, -0.1) is 0 Å². The number of rotatable bonds is 4. The maximum absolute atomic E-state index is 11.1. The van der Waals surface area contributed by atoms with Gasteiger partial charge in [0.1, 0.15) is 5.75 Å². The quantitative estimate of drug-likeness (QED) is 0.663. The van der Waals surface area contributed by atoms with Crippen molar-refractivity contribution in [3.05, 3.63) is 28.2 Å². The van der Waals surface area contributed by atoms with E-state index < -0.39 is 6.09 Å². The molecule has 2 N–H and O–H groups in total. The number of hydrazone groups is 1. The highest BCUT2D eigenvalue weighted by molar-refractivity contribution is 9.10. The second-order valence-corrected chi connectivity index (χ2v) is 4.32. The van der Waals surface area contributed by atoms with Crippen LogP contribution in [0.15, 0.2) is 27.8 Å². The SMILES string of the molecule is CCOC(=O)N/N=C(\CC)c1cc(Br)ccc1O. The van der Waals surface area contributed by atoms with Crippen LogP contribution in [-0.4, -0.2) is 23.5 Å². The number of halogens is 1. The molecule has 0 heterocycles. The van der Waals surface area contributed by atoms with Crippen LogP contribution >= 0.6 is 15.9 Å². The fourth-order valence-electron chi connectivity index (χ4n) is 1.35. The van der Waals surface area contributed by atoms with Crippen molar-refractivity contribution in [3.8, 4) is 5.75 Å². The zero-order valence-corrected chi connectivity index (χ0v) is 11.8. The van der Waals surface area contributed by atoms with Crippen molar-refractivity contribution in [2.75, 3.05) is 6.61 Å². The number of nitrogens with zero attached hydrogens (tertiary/aromatic N) is 1. The third kappa shape index (κ3) is 4.03. The lowest BCUT2D eigenvalue weighted by atomic mass is 10.1. The fourth-order valence-corrected chi connectivity index (χ4v) is 1.71. The minimum Gasteiger partial charge on any atom is -0.507 e. The molecule has 0 radical (unpaired) electrons. The lowest BCUT2D eigenvalue weighted by molar-refractivity contribution is 0.152. The van der Waals surface area contributed by atoms with Crippen LogP contribution < -0.4 is 5.43 Å². The Kier molecular flexibility index (Phi) is 5.64. The van der Waals surface area contributed by atoms with Gasteiger partial charge in [0.2, 0.25) is 0 Å². The molecule has 98 valence electrons. The van der Waals surface area contributed by atoms with Crippen LogP contribution in [0.1, 0.15) is 25.8 Å². The van der Waals surface area contributed by atoms with Crippen molar-refractivity contribution in [1.82, 2.24) is 5.43 Å². The average Bonchev–Trinajstić information content (AvgIpc) is 2.34. The van der Waals surface area contributed by atoms with Crippen LogP contribution in [0, 0.1) is 0 Å². The molecule has 0 aliphatic heterocycles. The summed E-state index contributed by atoms with van der Waals surface area (Å²) in [4.78, 5) is 11.1. The normalized spacial score (nSPS) is 11.2. The summed E-state index contributed by atoms with van der Waals surface area (Å²) in [5.41, 5.74) is 3.42. The largest absolute Gasteiger partial charge is 0.507 e. The van der Waals surface area contributed by atoms with Gasteiger partial charge in [0.25, 0.3) is 0 Å². The van der Waals surface area contributed by atoms with Crippen molar-refractivity contribution in [3.63, 3.8) is 0 Å². The third-order valence-electron chi connectivity index (χ3n) is 2.16. The highest BCUT2D eigenvalue weighted by atomic mass is 79.9. The number of aromatic hydroxyl groups is 1. The first-order valence-corrected chi connectivity index (χ1v) is 6.36. The number of hydrogen-bond acceptors (Lipinski definition) is 4. The van der Waals surface area contributed by atoms with Gasteiger partial charge in [-0.2, -0.15) is 5.10 Å². The van der Waals surface area contributed by atoms with Crippen LogP contribution in [0.25, 0.3) is 0 Å². The predicted molar refractivity (Wildman–Crippen MR) is 72.8 cm³/mol. The van der Waals surface area contributed by atoms with Crippen LogP contribution in [-0.2, 0) is 4.74 Å². The number of carbonyl (C=O) groups excluding carboxylic acids is 1. The number of benzene rings is 1. The minimum absolute atomic E-state index is 0.115. The zero-order valence-electron chi connectivity index (χ0n) is 10.2. The summed E-state index contributed by atoms with van der Waals surface area (Å²) in [6.07, 6.45) is -0.0471. The molecule has 0 bridgehead atoms. The predicted octanol–water partition coefficient (Wildman–Crippen LogP) is 3.01. The zero-order chi connectivity index (χ0) is 13.5. The number of ether oxygens (including phenoxy) is 1. The van der Waals surface area contributed by atoms with E-state index in [0.717, 1.165) is 4.47 Å². The van der Waals surface area contributed by atoms with Gasteiger partial charge in [0.05, 0.1) is 12.3 Å². The van der Waals surface area contributed by atoms with Gasteiger partial charge < -0.3 is 9.84 Å². The summed E-state index contributed by atoms with van der Waals surface area (Å²) >= 11 is 3.32. The molecule has 0 atom stereocenters. The van der Waals surface area contributed by atoms with E-state index >= 15 is 0 Å². The molecule has 5 nitrogen and oxygen atoms in total. The molecule has 6 heteroatoms. The molecule has 0 unspecified atom stereocenters. The molecule has 18 heavy (non-hydrogen) atoms. The Morgan fingerprint density at radius 3 is 2.83 bits per heavy atom. The van der Waals surface area contributed by atoms with E-state index in [2.05, 4.69) is 26.5 Å². The number of nitrogens with one attached hydrogen (secondary N) is 1. The van der Waals surface area contributed by atoms with Gasteiger partial charge in [-0.05, 0) is 31.5 Å². The van der Waals surface area contributed by atoms with E-state index in [-0.39, 0.29) is 12.4 Å². The van der Waals surface area contributed by atoms with Crippen molar-refractivity contribution in [2.24, 2.45) is 5.10 Å². The molecule has 1 amide bonds. The molecule has 0 saturated carbocycles. The summed E-state index contributed by atoms with van der Waals surface area (Å²) in [7, 11) is 0. The molecule has 0 aliphatic rings. The Morgan fingerprint density at radius 2 is 2.22 bits per heavy atom. The number of carbonyl (C=O) groups is 1. The first-order valence-electron chi connectivity index (χ1n) is 5.56. The van der Waals surface area contributed by atoms with Crippen molar-refractivity contribution >= 4 is 27.7 Å². The van der Waals surface area contributed by atoms with E-state index in [1.807, 2.05) is 6.92 Å². The van der Waals surface area contributed by atoms with Crippen LogP contribution in [0.4, 0.5) is 4.79 Å². The van der Waals surface area contributed by atoms with Gasteiger partial charge >= 0.3 is 6.09 Å². The second kappa shape index (κ2) is 7.00. The van der Waals surface area contributed by atoms with Crippen molar-refractivity contribution in [2.45, 2.75) is 20.3 Å². The first kappa shape index (κ1) is 14.5. The summed E-state index contributed by atoms with van der Waals surface area (Å²) in [5.74, 6) is 0.115. The van der Waals surface area contributed by atoms with E-state index in [0.29, 0.717) is 17.7 Å². The van der Waals surface area contributed by atoms with E-state index in [4.69, 9.17) is 4.74 Å². The van der Waals surface area contributed by atoms with E-state index in [9.17, 15) is 9.90 Å². The van der Waals surface area contributed by atoms with Crippen LogP contribution in [0.3, 0.4) is 0 Å². The Hall–Kier alpha value is -1.56. The van der Waals surface area contributed by atoms with Crippen molar-refractivity contribution < 1.29 is 14.6 Å². The molecule has 0 saturated heterocycles. The smallest absolute Gasteiger partial charge is 0.427 e. The summed E-state index contributed by atoms with van der Waals surface area (Å²) in [6, 6.07) is 5.03. The van der Waals surface area contributed by atoms with Gasteiger partial charge in [-0.3, -0.25) is 0 Å². The van der Waals surface area contributed by atoms with E-state index in [1.54, 1.807) is 25.1 Å². The lowest BCUT2D eigenvalue weighted by Crippen LogP contribution is -2.20. The standard InChI is InChI=1S/C12H15BrN2O3/c1-3-10(14-15-12(17)18-4-2)9-7-8(13)5-6-11(9)16/h5-7,16H,3-4H2,1-2H3,(H,15,17)/b14-10+. The fraction of sp³-hybridized carbons (Fsp3) is 0.333. The number of hydrogen-bond donors (Lipinski definition) is 2. The molecule has 0 aliphatic carbocycles. The first-order chi connectivity index (χ1) is 8.58. The van der Waals surface area contributed by atoms with E-state index in [1.165, 1.54) is 0 Å². The Bertz CT molecular complexity index is 461. The molecule has 1 rings (SSSR count). The number of phenolic OH excluding ortho intramolecular Hbond substituents is 1. The maximum atomic E-state index is 11.1. The summed E-state index contributed by atoms with van der Waals surface area (Å²) in [6.45, 7) is 3.88. The van der Waals surface area contributed by atoms with Gasteiger partial charge in [-0.1, -0.05) is 22.9 Å². The Balaban J connectivity index is 2.91. The van der Waals surface area contributed by atoms with Crippen molar-refractivity contribution in [1.29, 1.82) is 0 Å². The summed E-state index contributed by atoms with van der Waals surface area (Å²) < 4.78 is 5.52. The molecule has 0 fully saturated rings. The number of phenols is 1. The van der Waals surface area contributed by atoms with Crippen LogP contribution in [0.5, 0.6) is 5.75 Å². The maximum Gasteiger partial charge on any atom is 0.427 e. The number of amides is 1. The average molecular weight is 315 g/mol.